The minimum Gasteiger partial charge on any atom is -0.399 e. The summed E-state index contributed by atoms with van der Waals surface area (Å²) >= 11 is 3.09. The molecule has 0 saturated carbocycles. The van der Waals surface area contributed by atoms with Gasteiger partial charge in [0.1, 0.15) is 5.01 Å². The van der Waals surface area contributed by atoms with Crippen molar-refractivity contribution in [2.45, 2.75) is 24.6 Å². The highest BCUT2D eigenvalue weighted by molar-refractivity contribution is 8.01. The van der Waals surface area contributed by atoms with Gasteiger partial charge in [0.15, 0.2) is 4.34 Å². The van der Waals surface area contributed by atoms with Crippen molar-refractivity contribution in [3.8, 4) is 0 Å². The number of carbonyl (C=O) groups excluding carboxylic acids is 1. The summed E-state index contributed by atoms with van der Waals surface area (Å²) in [6.07, 6.45) is 0.438. The monoisotopic (exact) mass is 308 g/mol. The molecular formula is C13H16N4OS2. The van der Waals surface area contributed by atoms with Crippen molar-refractivity contribution in [2.24, 2.45) is 0 Å². The summed E-state index contributed by atoms with van der Waals surface area (Å²) in [5.41, 5.74) is 8.14. The standard InChI is InChI=1S/C13H16N4OS2/c1-8-7-10(14)3-4-11(8)15-12(18)5-6-19-13-17-16-9(2)20-13/h3-4,7H,5-6,14H2,1-2H3,(H,15,18). The molecule has 1 heterocycles. The topological polar surface area (TPSA) is 80.9 Å². The Morgan fingerprint density at radius 3 is 2.85 bits per heavy atom. The Morgan fingerprint density at radius 1 is 1.40 bits per heavy atom. The molecule has 7 heteroatoms. The van der Waals surface area contributed by atoms with Gasteiger partial charge >= 0.3 is 0 Å². The van der Waals surface area contributed by atoms with Gasteiger partial charge in [-0.2, -0.15) is 0 Å². The van der Waals surface area contributed by atoms with E-state index in [0.29, 0.717) is 17.9 Å². The molecule has 2 rings (SSSR count). The lowest BCUT2D eigenvalue weighted by atomic mass is 10.2. The number of nitrogens with one attached hydrogen (secondary N) is 1. The van der Waals surface area contributed by atoms with Crippen LogP contribution in [0, 0.1) is 13.8 Å². The van der Waals surface area contributed by atoms with Gasteiger partial charge in [0.05, 0.1) is 0 Å². The molecule has 20 heavy (non-hydrogen) atoms. The van der Waals surface area contributed by atoms with Gasteiger partial charge in [0, 0.05) is 23.5 Å². The Bertz CT molecular complexity index is 612. The van der Waals surface area contributed by atoms with Crippen molar-refractivity contribution >= 4 is 40.4 Å². The summed E-state index contributed by atoms with van der Waals surface area (Å²) < 4.78 is 0.902. The Hall–Kier alpha value is -1.60. The lowest BCUT2D eigenvalue weighted by molar-refractivity contribution is -0.115. The van der Waals surface area contributed by atoms with Crippen LogP contribution in [0.4, 0.5) is 11.4 Å². The predicted molar refractivity (Wildman–Crippen MR) is 84.2 cm³/mol. The van der Waals surface area contributed by atoms with E-state index in [2.05, 4.69) is 15.5 Å². The van der Waals surface area contributed by atoms with E-state index in [9.17, 15) is 4.79 Å². The average Bonchev–Trinajstić information content (AvgIpc) is 2.79. The maximum absolute atomic E-state index is 11.9. The zero-order chi connectivity index (χ0) is 14.5. The molecule has 0 unspecified atom stereocenters. The van der Waals surface area contributed by atoms with Crippen LogP contribution in [0.3, 0.4) is 0 Å². The van der Waals surface area contributed by atoms with Crippen molar-refractivity contribution in [2.75, 3.05) is 16.8 Å². The second-order valence-corrected chi connectivity index (χ2v) is 6.83. The fourth-order valence-corrected chi connectivity index (χ4v) is 3.43. The molecule has 1 amide bonds. The molecule has 0 aliphatic carbocycles. The maximum atomic E-state index is 11.9. The van der Waals surface area contributed by atoms with Crippen LogP contribution in [0.2, 0.25) is 0 Å². The molecule has 0 atom stereocenters. The van der Waals surface area contributed by atoms with Crippen molar-refractivity contribution < 1.29 is 4.79 Å². The molecule has 0 spiro atoms. The minimum absolute atomic E-state index is 0.00777. The Balaban J connectivity index is 1.80. The van der Waals surface area contributed by atoms with E-state index in [1.807, 2.05) is 26.0 Å². The van der Waals surface area contributed by atoms with E-state index in [-0.39, 0.29) is 5.91 Å². The van der Waals surface area contributed by atoms with Gasteiger partial charge in [-0.05, 0) is 37.6 Å². The molecule has 0 fully saturated rings. The first-order valence-electron chi connectivity index (χ1n) is 6.13. The van der Waals surface area contributed by atoms with Crippen molar-refractivity contribution in [3.05, 3.63) is 28.8 Å². The van der Waals surface area contributed by atoms with Gasteiger partial charge in [0.2, 0.25) is 5.91 Å². The highest BCUT2D eigenvalue weighted by Gasteiger charge is 2.07. The van der Waals surface area contributed by atoms with Crippen molar-refractivity contribution in [1.82, 2.24) is 10.2 Å². The number of benzene rings is 1. The lowest BCUT2D eigenvalue weighted by Crippen LogP contribution is -2.13. The number of hydrogen-bond donors (Lipinski definition) is 2. The van der Waals surface area contributed by atoms with Crippen molar-refractivity contribution in [3.63, 3.8) is 0 Å². The van der Waals surface area contributed by atoms with Crippen LogP contribution in [0.1, 0.15) is 17.0 Å². The predicted octanol–water partition coefficient (Wildman–Crippen LogP) is 2.86. The number of amides is 1. The lowest BCUT2D eigenvalue weighted by Gasteiger charge is -2.08. The highest BCUT2D eigenvalue weighted by Crippen LogP contribution is 2.23. The van der Waals surface area contributed by atoms with Gasteiger partial charge in [0.25, 0.3) is 0 Å². The van der Waals surface area contributed by atoms with E-state index in [4.69, 9.17) is 5.73 Å². The third-order valence-electron chi connectivity index (χ3n) is 2.59. The summed E-state index contributed by atoms with van der Waals surface area (Å²) in [6, 6.07) is 5.44. The third-order valence-corrected chi connectivity index (χ3v) is 4.56. The summed E-state index contributed by atoms with van der Waals surface area (Å²) in [4.78, 5) is 11.9. The first kappa shape index (κ1) is 14.8. The van der Waals surface area contributed by atoms with E-state index >= 15 is 0 Å². The van der Waals surface area contributed by atoms with Crippen molar-refractivity contribution in [1.29, 1.82) is 0 Å². The maximum Gasteiger partial charge on any atom is 0.225 e. The summed E-state index contributed by atoms with van der Waals surface area (Å²) in [5.74, 6) is 0.681. The number of rotatable bonds is 5. The number of aromatic nitrogens is 2. The molecule has 3 N–H and O–H groups in total. The molecule has 0 radical (unpaired) electrons. The second kappa shape index (κ2) is 6.71. The minimum atomic E-state index is -0.00777. The number of aryl methyl sites for hydroxylation is 2. The number of carbonyl (C=O) groups is 1. The molecule has 0 bridgehead atoms. The van der Waals surface area contributed by atoms with Crippen LogP contribution >= 0.6 is 23.1 Å². The molecule has 106 valence electrons. The van der Waals surface area contributed by atoms with Crippen LogP contribution in [0.15, 0.2) is 22.5 Å². The SMILES string of the molecule is Cc1nnc(SCCC(=O)Nc2ccc(N)cc2C)s1. The zero-order valence-electron chi connectivity index (χ0n) is 11.3. The molecule has 0 saturated heterocycles. The number of thioether (sulfide) groups is 1. The van der Waals surface area contributed by atoms with Gasteiger partial charge < -0.3 is 11.1 Å². The van der Waals surface area contributed by atoms with Crippen LogP contribution < -0.4 is 11.1 Å². The molecule has 0 aliphatic heterocycles. The van der Waals surface area contributed by atoms with Gasteiger partial charge in [-0.3, -0.25) is 4.79 Å². The smallest absolute Gasteiger partial charge is 0.225 e. The van der Waals surface area contributed by atoms with E-state index in [1.54, 1.807) is 29.2 Å². The molecule has 1 aromatic carbocycles. The Labute approximate surface area is 126 Å². The van der Waals surface area contributed by atoms with Crippen LogP contribution in [-0.4, -0.2) is 21.9 Å². The fourth-order valence-electron chi connectivity index (χ4n) is 1.61. The van der Waals surface area contributed by atoms with Gasteiger partial charge in [-0.15, -0.1) is 10.2 Å². The third kappa shape index (κ3) is 4.21. The van der Waals surface area contributed by atoms with E-state index < -0.39 is 0 Å². The molecular weight excluding hydrogens is 292 g/mol. The average molecular weight is 308 g/mol. The molecule has 1 aromatic heterocycles. The normalized spacial score (nSPS) is 10.5. The Morgan fingerprint density at radius 2 is 2.20 bits per heavy atom. The molecule has 2 aromatic rings. The zero-order valence-corrected chi connectivity index (χ0v) is 13.0. The summed E-state index contributed by atoms with van der Waals surface area (Å²) in [7, 11) is 0. The van der Waals surface area contributed by atoms with E-state index in [1.165, 1.54) is 0 Å². The first-order chi connectivity index (χ1) is 9.54. The number of nitrogen functional groups attached to an aromatic ring is 1. The van der Waals surface area contributed by atoms with Crippen LogP contribution in [0.25, 0.3) is 0 Å². The van der Waals surface area contributed by atoms with Crippen LogP contribution in [0.5, 0.6) is 0 Å². The largest absolute Gasteiger partial charge is 0.399 e. The molecule has 0 aliphatic rings. The summed E-state index contributed by atoms with van der Waals surface area (Å²) in [5, 5.41) is 11.8. The highest BCUT2D eigenvalue weighted by atomic mass is 32.2. The summed E-state index contributed by atoms with van der Waals surface area (Å²) in [6.45, 7) is 3.84. The number of anilines is 2. The van der Waals surface area contributed by atoms with E-state index in [0.717, 1.165) is 20.6 Å². The van der Waals surface area contributed by atoms with Gasteiger partial charge in [-0.1, -0.05) is 23.1 Å². The van der Waals surface area contributed by atoms with Crippen LogP contribution in [-0.2, 0) is 4.79 Å². The fraction of sp³-hybridized carbons (Fsp3) is 0.308. The number of nitrogens with two attached hydrogens (primary N) is 1. The first-order valence-corrected chi connectivity index (χ1v) is 7.93. The van der Waals surface area contributed by atoms with Gasteiger partial charge in [-0.25, -0.2) is 0 Å². The molecule has 5 nitrogen and oxygen atoms in total. The quantitative estimate of drug-likeness (QED) is 0.656. The number of nitrogens with zero attached hydrogens (tertiary/aromatic N) is 2. The Kier molecular flexibility index (Phi) is 4.97. The second-order valence-electron chi connectivity index (χ2n) is 4.31. The number of hydrogen-bond acceptors (Lipinski definition) is 6.